The van der Waals surface area contributed by atoms with E-state index >= 15 is 0 Å². The molecule has 104 valence electrons. The van der Waals surface area contributed by atoms with E-state index in [1.165, 1.54) is 23.9 Å². The maximum absolute atomic E-state index is 12.8. The lowest BCUT2D eigenvalue weighted by Crippen LogP contribution is -2.15. The van der Waals surface area contributed by atoms with Crippen LogP contribution < -0.4 is 11.1 Å². The van der Waals surface area contributed by atoms with Crippen molar-refractivity contribution < 1.29 is 9.18 Å². The van der Waals surface area contributed by atoms with Gasteiger partial charge in [0.1, 0.15) is 5.82 Å². The summed E-state index contributed by atoms with van der Waals surface area (Å²) >= 11 is 1.36. The van der Waals surface area contributed by atoms with Crippen molar-refractivity contribution >= 4 is 29.0 Å². The lowest BCUT2D eigenvalue weighted by Gasteiger charge is -2.10. The van der Waals surface area contributed by atoms with Gasteiger partial charge in [-0.15, -0.1) is 11.8 Å². The van der Waals surface area contributed by atoms with Crippen molar-refractivity contribution in [3.05, 3.63) is 53.8 Å². The fourth-order valence-electron chi connectivity index (χ4n) is 1.65. The van der Waals surface area contributed by atoms with Crippen LogP contribution in [0.2, 0.25) is 0 Å². The van der Waals surface area contributed by atoms with E-state index in [4.69, 9.17) is 5.73 Å². The molecule has 0 aromatic heterocycles. The van der Waals surface area contributed by atoms with Gasteiger partial charge >= 0.3 is 0 Å². The Hall–Kier alpha value is -2.01. The Bertz CT molecular complexity index is 614. The number of halogens is 1. The van der Waals surface area contributed by atoms with Gasteiger partial charge < -0.3 is 11.1 Å². The Balaban J connectivity index is 1.92. The molecule has 0 radical (unpaired) electrons. The van der Waals surface area contributed by atoms with Gasteiger partial charge in [0.25, 0.3) is 0 Å². The van der Waals surface area contributed by atoms with Crippen LogP contribution >= 0.6 is 11.8 Å². The summed E-state index contributed by atoms with van der Waals surface area (Å²) in [4.78, 5) is 12.7. The third-order valence-corrected chi connectivity index (χ3v) is 3.85. The van der Waals surface area contributed by atoms with Crippen molar-refractivity contribution in [1.82, 2.24) is 0 Å². The highest BCUT2D eigenvalue weighted by Crippen LogP contribution is 2.22. The monoisotopic (exact) mass is 290 g/mol. The molecule has 1 amide bonds. The number of benzene rings is 2. The molecule has 0 unspecified atom stereocenters. The maximum atomic E-state index is 12.8. The van der Waals surface area contributed by atoms with Crippen molar-refractivity contribution in [2.45, 2.75) is 11.8 Å². The van der Waals surface area contributed by atoms with E-state index < -0.39 is 0 Å². The first-order chi connectivity index (χ1) is 9.56. The van der Waals surface area contributed by atoms with E-state index in [1.54, 1.807) is 24.3 Å². The number of nitrogens with two attached hydrogens (primary N) is 1. The summed E-state index contributed by atoms with van der Waals surface area (Å²) < 4.78 is 12.8. The maximum Gasteiger partial charge on any atom is 0.234 e. The molecular formula is C15H15FN2OS. The van der Waals surface area contributed by atoms with Crippen LogP contribution in [-0.4, -0.2) is 11.7 Å². The van der Waals surface area contributed by atoms with Crippen molar-refractivity contribution in [3.63, 3.8) is 0 Å². The summed E-state index contributed by atoms with van der Waals surface area (Å²) in [6.07, 6.45) is 0. The van der Waals surface area contributed by atoms with E-state index in [-0.39, 0.29) is 17.5 Å². The quantitative estimate of drug-likeness (QED) is 0.670. The first kappa shape index (κ1) is 14.4. The van der Waals surface area contributed by atoms with Gasteiger partial charge in [0, 0.05) is 16.3 Å². The van der Waals surface area contributed by atoms with Crippen molar-refractivity contribution in [3.8, 4) is 0 Å². The molecule has 0 spiro atoms. The number of anilines is 2. The second kappa shape index (κ2) is 6.43. The number of amides is 1. The Morgan fingerprint density at radius 2 is 1.95 bits per heavy atom. The van der Waals surface area contributed by atoms with Gasteiger partial charge in [-0.3, -0.25) is 4.79 Å². The SMILES string of the molecule is Cc1c(N)cccc1NC(=O)CSc1ccc(F)cc1. The molecule has 2 aromatic carbocycles. The average Bonchev–Trinajstić information content (AvgIpc) is 2.43. The lowest BCUT2D eigenvalue weighted by molar-refractivity contribution is -0.113. The second-order valence-corrected chi connectivity index (χ2v) is 5.36. The van der Waals surface area contributed by atoms with Crippen LogP contribution in [0.3, 0.4) is 0 Å². The number of nitrogens with one attached hydrogen (secondary N) is 1. The fraction of sp³-hybridized carbons (Fsp3) is 0.133. The highest BCUT2D eigenvalue weighted by molar-refractivity contribution is 8.00. The van der Waals surface area contributed by atoms with Crippen molar-refractivity contribution in [2.24, 2.45) is 0 Å². The third kappa shape index (κ3) is 3.74. The molecule has 0 fully saturated rings. The lowest BCUT2D eigenvalue weighted by atomic mass is 10.1. The van der Waals surface area contributed by atoms with E-state index in [9.17, 15) is 9.18 Å². The van der Waals surface area contributed by atoms with Crippen LogP contribution in [0, 0.1) is 12.7 Å². The van der Waals surface area contributed by atoms with E-state index in [0.29, 0.717) is 5.69 Å². The van der Waals surface area contributed by atoms with Gasteiger partial charge in [-0.2, -0.15) is 0 Å². The third-order valence-electron chi connectivity index (χ3n) is 2.83. The molecule has 0 aliphatic rings. The number of hydrogen-bond donors (Lipinski definition) is 2. The van der Waals surface area contributed by atoms with E-state index in [2.05, 4.69) is 5.32 Å². The van der Waals surface area contributed by atoms with Crippen molar-refractivity contribution in [2.75, 3.05) is 16.8 Å². The smallest absolute Gasteiger partial charge is 0.234 e. The van der Waals surface area contributed by atoms with Crippen LogP contribution in [-0.2, 0) is 4.79 Å². The Kier molecular flexibility index (Phi) is 4.63. The van der Waals surface area contributed by atoms with Gasteiger partial charge in [-0.05, 0) is 48.9 Å². The molecule has 2 rings (SSSR count). The fourth-order valence-corrected chi connectivity index (χ4v) is 2.35. The summed E-state index contributed by atoms with van der Waals surface area (Å²) in [5.41, 5.74) is 8.00. The van der Waals surface area contributed by atoms with Crippen molar-refractivity contribution in [1.29, 1.82) is 0 Å². The van der Waals surface area contributed by atoms with E-state index in [0.717, 1.165) is 16.1 Å². The largest absolute Gasteiger partial charge is 0.398 e. The molecule has 0 heterocycles. The summed E-state index contributed by atoms with van der Waals surface area (Å²) in [5, 5.41) is 2.82. The molecular weight excluding hydrogens is 275 g/mol. The predicted octanol–water partition coefficient (Wildman–Crippen LogP) is 3.45. The normalized spacial score (nSPS) is 10.3. The number of thioether (sulfide) groups is 1. The molecule has 0 aliphatic carbocycles. The number of carbonyl (C=O) groups excluding carboxylic acids is 1. The van der Waals surface area contributed by atoms with Gasteiger partial charge in [-0.25, -0.2) is 4.39 Å². The molecule has 20 heavy (non-hydrogen) atoms. The summed E-state index contributed by atoms with van der Waals surface area (Å²) in [7, 11) is 0. The Morgan fingerprint density at radius 1 is 1.25 bits per heavy atom. The van der Waals surface area contributed by atoms with Crippen LogP contribution in [0.15, 0.2) is 47.4 Å². The highest BCUT2D eigenvalue weighted by atomic mass is 32.2. The molecule has 3 N–H and O–H groups in total. The zero-order valence-corrected chi connectivity index (χ0v) is 11.8. The first-order valence-electron chi connectivity index (χ1n) is 6.09. The predicted molar refractivity (Wildman–Crippen MR) is 81.3 cm³/mol. The summed E-state index contributed by atoms with van der Waals surface area (Å²) in [6, 6.07) is 11.5. The molecule has 3 nitrogen and oxygen atoms in total. The van der Waals surface area contributed by atoms with Crippen LogP contribution in [0.25, 0.3) is 0 Å². The van der Waals surface area contributed by atoms with Gasteiger partial charge in [0.15, 0.2) is 0 Å². The van der Waals surface area contributed by atoms with Crippen LogP contribution in [0.4, 0.5) is 15.8 Å². The Morgan fingerprint density at radius 3 is 2.65 bits per heavy atom. The van der Waals surface area contributed by atoms with Gasteiger partial charge in [0.05, 0.1) is 5.75 Å². The number of hydrogen-bond acceptors (Lipinski definition) is 3. The first-order valence-corrected chi connectivity index (χ1v) is 7.08. The molecule has 5 heteroatoms. The minimum atomic E-state index is -0.283. The molecule has 2 aromatic rings. The van der Waals surface area contributed by atoms with E-state index in [1.807, 2.05) is 13.0 Å². The minimum Gasteiger partial charge on any atom is -0.398 e. The molecule has 0 aliphatic heterocycles. The zero-order chi connectivity index (χ0) is 14.5. The molecule has 0 bridgehead atoms. The number of carbonyl (C=O) groups is 1. The van der Waals surface area contributed by atoms with Gasteiger partial charge in [-0.1, -0.05) is 6.07 Å². The molecule has 0 atom stereocenters. The highest BCUT2D eigenvalue weighted by Gasteiger charge is 2.07. The minimum absolute atomic E-state index is 0.118. The standard InChI is InChI=1S/C15H15FN2OS/c1-10-13(17)3-2-4-14(10)18-15(19)9-20-12-7-5-11(16)6-8-12/h2-8H,9,17H2,1H3,(H,18,19). The van der Waals surface area contributed by atoms with Crippen LogP contribution in [0.1, 0.15) is 5.56 Å². The second-order valence-electron chi connectivity index (χ2n) is 4.31. The summed E-state index contributed by atoms with van der Waals surface area (Å²) in [5.74, 6) is -0.137. The van der Waals surface area contributed by atoms with Crippen LogP contribution in [0.5, 0.6) is 0 Å². The molecule has 0 saturated carbocycles. The zero-order valence-electron chi connectivity index (χ0n) is 11.0. The van der Waals surface area contributed by atoms with Gasteiger partial charge in [0.2, 0.25) is 5.91 Å². The average molecular weight is 290 g/mol. The number of nitrogen functional groups attached to an aromatic ring is 1. The Labute approximate surface area is 121 Å². The molecule has 0 saturated heterocycles. The topological polar surface area (TPSA) is 55.1 Å². The number of rotatable bonds is 4. The summed E-state index contributed by atoms with van der Waals surface area (Å²) in [6.45, 7) is 1.86.